The molecule has 0 radical (unpaired) electrons. The number of halogens is 1. The Bertz CT molecular complexity index is 745. The maximum absolute atomic E-state index is 6.41. The molecular weight excluding hydrogens is 280 g/mol. The molecule has 0 N–H and O–H groups in total. The Hall–Kier alpha value is -2.06. The molecule has 1 heterocycles. The van der Waals surface area contributed by atoms with Crippen LogP contribution >= 0.6 is 11.6 Å². The summed E-state index contributed by atoms with van der Waals surface area (Å²) >= 11 is 6.41. The first-order valence-corrected chi connectivity index (χ1v) is 7.43. The summed E-state index contributed by atoms with van der Waals surface area (Å²) in [5.74, 6) is 1.34. The van der Waals surface area contributed by atoms with Crippen LogP contribution in [0.4, 0.5) is 0 Å². The first-order chi connectivity index (χ1) is 10.2. The number of aromatic nitrogens is 2. The molecule has 0 atom stereocenters. The van der Waals surface area contributed by atoms with Gasteiger partial charge in [-0.15, -0.1) is 0 Å². The summed E-state index contributed by atoms with van der Waals surface area (Å²) in [6.07, 6.45) is 3.77. The zero-order valence-corrected chi connectivity index (χ0v) is 12.9. The summed E-state index contributed by atoms with van der Waals surface area (Å²) in [5.41, 5.74) is 3.29. The lowest BCUT2D eigenvalue weighted by atomic mass is 10.0. The molecule has 0 aliphatic rings. The zero-order chi connectivity index (χ0) is 14.8. The van der Waals surface area contributed by atoms with Gasteiger partial charge in [0, 0.05) is 28.7 Å². The van der Waals surface area contributed by atoms with Gasteiger partial charge in [0.15, 0.2) is 0 Å². The largest absolute Gasteiger partial charge is 0.300 e. The highest BCUT2D eigenvalue weighted by molar-refractivity contribution is 6.31. The number of rotatable bonds is 3. The van der Waals surface area contributed by atoms with E-state index in [1.165, 1.54) is 5.56 Å². The Morgan fingerprint density at radius 1 is 1.05 bits per heavy atom. The Morgan fingerprint density at radius 3 is 2.48 bits per heavy atom. The molecule has 2 aromatic carbocycles. The third-order valence-electron chi connectivity index (χ3n) is 3.56. The molecule has 0 amide bonds. The molecule has 0 saturated carbocycles. The van der Waals surface area contributed by atoms with Crippen LogP contribution in [0.2, 0.25) is 5.02 Å². The van der Waals surface area contributed by atoms with Crippen LogP contribution in [0.15, 0.2) is 60.9 Å². The van der Waals surface area contributed by atoms with Crippen LogP contribution in [0.3, 0.4) is 0 Å². The predicted molar refractivity (Wildman–Crippen MR) is 88.1 cm³/mol. The van der Waals surface area contributed by atoms with E-state index in [4.69, 9.17) is 11.6 Å². The fraction of sp³-hybridized carbons (Fsp3) is 0.167. The van der Waals surface area contributed by atoms with Crippen molar-refractivity contribution >= 4 is 11.6 Å². The highest BCUT2D eigenvalue weighted by atomic mass is 35.5. The van der Waals surface area contributed by atoms with Crippen LogP contribution in [-0.2, 0) is 0 Å². The van der Waals surface area contributed by atoms with E-state index < -0.39 is 0 Å². The van der Waals surface area contributed by atoms with Crippen molar-refractivity contribution in [3.63, 3.8) is 0 Å². The average Bonchev–Trinajstić information content (AvgIpc) is 2.97. The number of imidazole rings is 1. The van der Waals surface area contributed by atoms with Gasteiger partial charge in [0.05, 0.1) is 0 Å². The Kier molecular flexibility index (Phi) is 3.80. The number of benzene rings is 2. The normalized spacial score (nSPS) is 11.0. The van der Waals surface area contributed by atoms with Crippen LogP contribution in [-0.4, -0.2) is 9.55 Å². The second-order valence-electron chi connectivity index (χ2n) is 5.35. The van der Waals surface area contributed by atoms with Crippen molar-refractivity contribution in [3.05, 3.63) is 71.5 Å². The molecule has 0 aliphatic heterocycles. The predicted octanol–water partition coefficient (Wildman–Crippen LogP) is 5.32. The second-order valence-corrected chi connectivity index (χ2v) is 5.75. The third kappa shape index (κ3) is 2.72. The summed E-state index contributed by atoms with van der Waals surface area (Å²) in [6, 6.07) is 16.3. The molecule has 3 rings (SSSR count). The summed E-state index contributed by atoms with van der Waals surface area (Å²) in [6.45, 7) is 4.29. The monoisotopic (exact) mass is 296 g/mol. The molecule has 2 nitrogen and oxygen atoms in total. The highest BCUT2D eigenvalue weighted by Crippen LogP contribution is 2.28. The van der Waals surface area contributed by atoms with Crippen molar-refractivity contribution in [2.75, 3.05) is 0 Å². The van der Waals surface area contributed by atoms with Crippen molar-refractivity contribution in [1.29, 1.82) is 0 Å². The van der Waals surface area contributed by atoms with E-state index in [1.807, 2.05) is 36.7 Å². The smallest absolute Gasteiger partial charge is 0.144 e. The van der Waals surface area contributed by atoms with E-state index in [9.17, 15) is 0 Å². The number of hydrogen-bond acceptors (Lipinski definition) is 1. The molecule has 3 aromatic rings. The molecule has 0 bridgehead atoms. The lowest BCUT2D eigenvalue weighted by Crippen LogP contribution is -1.98. The quantitative estimate of drug-likeness (QED) is 0.640. The summed E-state index contributed by atoms with van der Waals surface area (Å²) < 4.78 is 2.06. The minimum absolute atomic E-state index is 0.419. The maximum Gasteiger partial charge on any atom is 0.144 e. The molecule has 0 fully saturated rings. The standard InChI is InChI=1S/C18H17ClN2/c1-13(2)16-9-8-15(12-17(16)19)21-11-10-20-18(21)14-6-4-3-5-7-14/h3-13H,1-2H3. The van der Waals surface area contributed by atoms with Gasteiger partial charge in [0.1, 0.15) is 5.82 Å². The molecule has 0 aliphatic carbocycles. The number of hydrogen-bond donors (Lipinski definition) is 0. The van der Waals surface area contributed by atoms with Gasteiger partial charge in [0.25, 0.3) is 0 Å². The molecule has 0 spiro atoms. The van der Waals surface area contributed by atoms with Gasteiger partial charge in [-0.2, -0.15) is 0 Å². The summed E-state index contributed by atoms with van der Waals surface area (Å²) in [7, 11) is 0. The molecule has 0 saturated heterocycles. The van der Waals surface area contributed by atoms with Crippen LogP contribution < -0.4 is 0 Å². The molecular formula is C18H17ClN2. The Morgan fingerprint density at radius 2 is 1.81 bits per heavy atom. The lowest BCUT2D eigenvalue weighted by molar-refractivity contribution is 0.865. The van der Waals surface area contributed by atoms with Crippen molar-refractivity contribution in [1.82, 2.24) is 9.55 Å². The van der Waals surface area contributed by atoms with E-state index in [0.29, 0.717) is 5.92 Å². The lowest BCUT2D eigenvalue weighted by Gasteiger charge is -2.12. The van der Waals surface area contributed by atoms with Gasteiger partial charge < -0.3 is 0 Å². The summed E-state index contributed by atoms with van der Waals surface area (Å²) in [5, 5.41) is 0.801. The van der Waals surface area contributed by atoms with Crippen molar-refractivity contribution in [3.8, 4) is 17.1 Å². The molecule has 3 heteroatoms. The van der Waals surface area contributed by atoms with Gasteiger partial charge in [-0.3, -0.25) is 4.57 Å². The first-order valence-electron chi connectivity index (χ1n) is 7.05. The van der Waals surface area contributed by atoms with Crippen molar-refractivity contribution in [2.24, 2.45) is 0 Å². The average molecular weight is 297 g/mol. The SMILES string of the molecule is CC(C)c1ccc(-n2ccnc2-c2ccccc2)cc1Cl. The fourth-order valence-corrected chi connectivity index (χ4v) is 2.84. The van der Waals surface area contributed by atoms with Crippen LogP contribution in [0.25, 0.3) is 17.1 Å². The zero-order valence-electron chi connectivity index (χ0n) is 12.1. The van der Waals surface area contributed by atoms with Gasteiger partial charge in [-0.05, 0) is 23.6 Å². The summed E-state index contributed by atoms with van der Waals surface area (Å²) in [4.78, 5) is 4.47. The van der Waals surface area contributed by atoms with E-state index in [0.717, 1.165) is 22.1 Å². The molecule has 0 unspecified atom stereocenters. The van der Waals surface area contributed by atoms with Gasteiger partial charge in [-0.25, -0.2) is 4.98 Å². The number of nitrogens with zero attached hydrogens (tertiary/aromatic N) is 2. The van der Waals surface area contributed by atoms with E-state index in [-0.39, 0.29) is 0 Å². The van der Waals surface area contributed by atoms with Crippen molar-refractivity contribution < 1.29 is 0 Å². The molecule has 1 aromatic heterocycles. The van der Waals surface area contributed by atoms with Crippen molar-refractivity contribution in [2.45, 2.75) is 19.8 Å². The minimum atomic E-state index is 0.419. The van der Waals surface area contributed by atoms with Crippen LogP contribution in [0, 0.1) is 0 Å². The van der Waals surface area contributed by atoms with E-state index >= 15 is 0 Å². The van der Waals surface area contributed by atoms with Gasteiger partial charge in [-0.1, -0.05) is 61.8 Å². The van der Waals surface area contributed by atoms with Gasteiger partial charge >= 0.3 is 0 Å². The highest BCUT2D eigenvalue weighted by Gasteiger charge is 2.10. The van der Waals surface area contributed by atoms with E-state index in [2.05, 4.69) is 47.7 Å². The second kappa shape index (κ2) is 5.74. The van der Waals surface area contributed by atoms with Gasteiger partial charge in [0.2, 0.25) is 0 Å². The van der Waals surface area contributed by atoms with Crippen LogP contribution in [0.1, 0.15) is 25.3 Å². The maximum atomic E-state index is 6.41. The molecule has 106 valence electrons. The third-order valence-corrected chi connectivity index (χ3v) is 3.88. The van der Waals surface area contributed by atoms with Crippen LogP contribution in [0.5, 0.6) is 0 Å². The Balaban J connectivity index is 2.07. The Labute approximate surface area is 130 Å². The molecule has 21 heavy (non-hydrogen) atoms. The van der Waals surface area contributed by atoms with E-state index in [1.54, 1.807) is 0 Å². The first kappa shape index (κ1) is 13.9. The fourth-order valence-electron chi connectivity index (χ4n) is 2.45. The topological polar surface area (TPSA) is 17.8 Å². The minimum Gasteiger partial charge on any atom is -0.300 e.